The number of hydrogen-bond donors (Lipinski definition) is 1. The summed E-state index contributed by atoms with van der Waals surface area (Å²) in [6, 6.07) is 18.1. The Bertz CT molecular complexity index is 997. The second-order valence-corrected chi connectivity index (χ2v) is 8.01. The van der Waals surface area contributed by atoms with E-state index in [1.165, 1.54) is 12.1 Å². The lowest BCUT2D eigenvalue weighted by Gasteiger charge is -2.25. The molecule has 2 aromatic carbocycles. The predicted octanol–water partition coefficient (Wildman–Crippen LogP) is 4.75. The number of amides is 1. The van der Waals surface area contributed by atoms with Gasteiger partial charge in [-0.2, -0.15) is 0 Å². The molecule has 2 atom stereocenters. The summed E-state index contributed by atoms with van der Waals surface area (Å²) in [6.07, 6.45) is 4.14. The van der Waals surface area contributed by atoms with Crippen molar-refractivity contribution >= 4 is 17.5 Å². The van der Waals surface area contributed by atoms with Crippen LogP contribution in [0.5, 0.6) is 0 Å². The summed E-state index contributed by atoms with van der Waals surface area (Å²) in [7, 11) is 0. The van der Waals surface area contributed by atoms with Gasteiger partial charge in [-0.1, -0.05) is 48.0 Å². The average molecular weight is 424 g/mol. The first-order valence-electron chi connectivity index (χ1n) is 9.99. The highest BCUT2D eigenvalue weighted by molar-refractivity contribution is 6.31. The molecule has 0 radical (unpaired) electrons. The van der Waals surface area contributed by atoms with Gasteiger partial charge in [0.1, 0.15) is 5.82 Å². The van der Waals surface area contributed by atoms with Crippen molar-refractivity contribution in [3.8, 4) is 0 Å². The molecule has 0 saturated carbocycles. The quantitative estimate of drug-likeness (QED) is 0.622. The smallest absolute Gasteiger partial charge is 0.224 e. The normalized spacial score (nSPS) is 19.0. The lowest BCUT2D eigenvalue weighted by molar-refractivity contribution is -0.124. The van der Waals surface area contributed by atoms with Crippen LogP contribution >= 0.6 is 11.6 Å². The summed E-state index contributed by atoms with van der Waals surface area (Å²) in [4.78, 5) is 19.2. The zero-order chi connectivity index (χ0) is 20.9. The molecule has 1 aliphatic rings. The van der Waals surface area contributed by atoms with E-state index in [2.05, 4.69) is 15.2 Å². The lowest BCUT2D eigenvalue weighted by atomic mass is 9.99. The number of carbonyl (C=O) groups excluding carboxylic acids is 1. The van der Waals surface area contributed by atoms with Gasteiger partial charge in [-0.05, 0) is 47.4 Å². The van der Waals surface area contributed by atoms with Gasteiger partial charge in [0.2, 0.25) is 5.91 Å². The summed E-state index contributed by atoms with van der Waals surface area (Å²) in [5.41, 5.74) is 2.99. The third-order valence-corrected chi connectivity index (χ3v) is 5.92. The lowest BCUT2D eigenvalue weighted by Crippen LogP contribution is -2.32. The Kier molecular flexibility index (Phi) is 6.41. The fourth-order valence-electron chi connectivity index (χ4n) is 3.98. The van der Waals surface area contributed by atoms with Crippen LogP contribution in [0.2, 0.25) is 5.02 Å². The molecule has 0 aliphatic carbocycles. The number of aromatic nitrogens is 1. The fraction of sp³-hybridized carbons (Fsp3) is 0.250. The number of halogens is 2. The second kappa shape index (κ2) is 9.37. The van der Waals surface area contributed by atoms with E-state index in [4.69, 9.17) is 11.6 Å². The molecule has 30 heavy (non-hydrogen) atoms. The number of pyridine rings is 1. The van der Waals surface area contributed by atoms with Gasteiger partial charge in [-0.15, -0.1) is 0 Å². The molecule has 1 aromatic heterocycles. The molecule has 1 N–H and O–H groups in total. The molecule has 0 spiro atoms. The van der Waals surface area contributed by atoms with Crippen molar-refractivity contribution in [1.82, 2.24) is 15.2 Å². The first-order valence-corrected chi connectivity index (χ1v) is 10.4. The van der Waals surface area contributed by atoms with Crippen LogP contribution in [-0.2, 0) is 17.9 Å². The molecule has 1 fully saturated rings. The summed E-state index contributed by atoms with van der Waals surface area (Å²) >= 11 is 6.37. The van der Waals surface area contributed by atoms with Gasteiger partial charge in [-0.3, -0.25) is 14.7 Å². The molecule has 6 heteroatoms. The fourth-order valence-corrected chi connectivity index (χ4v) is 4.18. The van der Waals surface area contributed by atoms with Crippen LogP contribution in [0.25, 0.3) is 0 Å². The molecule has 0 bridgehead atoms. The first-order chi connectivity index (χ1) is 14.6. The number of nitrogens with zero attached hydrogens (tertiary/aromatic N) is 2. The van der Waals surface area contributed by atoms with Gasteiger partial charge in [0, 0.05) is 43.1 Å². The van der Waals surface area contributed by atoms with Crippen LogP contribution in [-0.4, -0.2) is 22.3 Å². The van der Waals surface area contributed by atoms with Crippen molar-refractivity contribution in [1.29, 1.82) is 0 Å². The van der Waals surface area contributed by atoms with E-state index >= 15 is 0 Å². The van der Waals surface area contributed by atoms with Crippen molar-refractivity contribution in [2.24, 2.45) is 5.92 Å². The minimum Gasteiger partial charge on any atom is -0.352 e. The number of hydrogen-bond acceptors (Lipinski definition) is 3. The molecule has 1 saturated heterocycles. The second-order valence-electron chi connectivity index (χ2n) is 7.60. The Balaban J connectivity index is 1.50. The van der Waals surface area contributed by atoms with E-state index in [9.17, 15) is 9.18 Å². The highest BCUT2D eigenvalue weighted by Crippen LogP contribution is 2.37. The van der Waals surface area contributed by atoms with Gasteiger partial charge < -0.3 is 5.32 Å². The molecule has 154 valence electrons. The van der Waals surface area contributed by atoms with Crippen molar-refractivity contribution in [2.45, 2.75) is 25.6 Å². The molecule has 4 nitrogen and oxygen atoms in total. The zero-order valence-corrected chi connectivity index (χ0v) is 17.2. The Morgan fingerprint density at radius 3 is 2.67 bits per heavy atom. The van der Waals surface area contributed by atoms with E-state index in [-0.39, 0.29) is 23.7 Å². The summed E-state index contributed by atoms with van der Waals surface area (Å²) < 4.78 is 13.4. The molecular weight excluding hydrogens is 401 g/mol. The van der Waals surface area contributed by atoms with E-state index in [1.54, 1.807) is 24.5 Å². The number of carbonyl (C=O) groups is 1. The van der Waals surface area contributed by atoms with Crippen LogP contribution < -0.4 is 5.32 Å². The molecule has 2 heterocycles. The topological polar surface area (TPSA) is 45.2 Å². The Labute approximate surface area is 180 Å². The van der Waals surface area contributed by atoms with E-state index in [0.29, 0.717) is 31.1 Å². The maximum absolute atomic E-state index is 13.4. The van der Waals surface area contributed by atoms with Crippen LogP contribution in [0, 0.1) is 11.7 Å². The molecule has 0 unspecified atom stereocenters. The van der Waals surface area contributed by atoms with Gasteiger partial charge in [0.25, 0.3) is 0 Å². The third kappa shape index (κ3) is 4.86. The molecule has 4 rings (SSSR count). The maximum atomic E-state index is 13.4. The van der Waals surface area contributed by atoms with Crippen LogP contribution in [0.1, 0.15) is 29.2 Å². The highest BCUT2D eigenvalue weighted by Gasteiger charge is 2.37. The zero-order valence-electron chi connectivity index (χ0n) is 16.5. The van der Waals surface area contributed by atoms with Crippen molar-refractivity contribution in [3.63, 3.8) is 0 Å². The van der Waals surface area contributed by atoms with Crippen LogP contribution in [0.4, 0.5) is 4.39 Å². The van der Waals surface area contributed by atoms with E-state index in [0.717, 1.165) is 16.7 Å². The van der Waals surface area contributed by atoms with Gasteiger partial charge in [0.05, 0.1) is 5.92 Å². The molecule has 3 aromatic rings. The average Bonchev–Trinajstić information content (AvgIpc) is 3.19. The number of likely N-dealkylation sites (tertiary alicyclic amines) is 1. The van der Waals surface area contributed by atoms with Crippen LogP contribution in [0.15, 0.2) is 73.1 Å². The Morgan fingerprint density at radius 2 is 1.93 bits per heavy atom. The van der Waals surface area contributed by atoms with Crippen molar-refractivity contribution in [3.05, 3.63) is 101 Å². The first kappa shape index (κ1) is 20.5. The minimum absolute atomic E-state index is 0.0209. The molecule has 1 amide bonds. The summed E-state index contributed by atoms with van der Waals surface area (Å²) in [5.74, 6) is -0.396. The highest BCUT2D eigenvalue weighted by atomic mass is 35.5. The number of nitrogens with one attached hydrogen (secondary N) is 1. The van der Waals surface area contributed by atoms with E-state index in [1.807, 2.05) is 36.4 Å². The Hall–Kier alpha value is -2.76. The van der Waals surface area contributed by atoms with Gasteiger partial charge >= 0.3 is 0 Å². The largest absolute Gasteiger partial charge is 0.352 e. The monoisotopic (exact) mass is 423 g/mol. The van der Waals surface area contributed by atoms with Crippen LogP contribution in [0.3, 0.4) is 0 Å². The molecule has 1 aliphatic heterocycles. The number of rotatable bonds is 6. The maximum Gasteiger partial charge on any atom is 0.224 e. The number of benzene rings is 2. The standard InChI is InChI=1S/C24H23ClFN3O/c25-22-6-2-1-5-19(22)15-29-16-20(12-23(29)18-7-9-21(26)10-8-18)24(30)28-14-17-4-3-11-27-13-17/h1-11,13,20,23H,12,14-16H2,(H,28,30)/t20-,23-/m1/s1. The van der Waals surface area contributed by atoms with Gasteiger partial charge in [-0.25, -0.2) is 4.39 Å². The molecular formula is C24H23ClFN3O. The third-order valence-electron chi connectivity index (χ3n) is 5.55. The minimum atomic E-state index is -0.264. The van der Waals surface area contributed by atoms with Crippen molar-refractivity contribution < 1.29 is 9.18 Å². The summed E-state index contributed by atoms with van der Waals surface area (Å²) in [5, 5.41) is 3.73. The van der Waals surface area contributed by atoms with Gasteiger partial charge in [0.15, 0.2) is 0 Å². The Morgan fingerprint density at radius 1 is 1.13 bits per heavy atom. The summed E-state index contributed by atoms with van der Waals surface area (Å²) in [6.45, 7) is 1.70. The van der Waals surface area contributed by atoms with E-state index < -0.39 is 0 Å². The predicted molar refractivity (Wildman–Crippen MR) is 115 cm³/mol. The van der Waals surface area contributed by atoms with Crippen molar-refractivity contribution in [2.75, 3.05) is 6.54 Å². The SMILES string of the molecule is O=C(NCc1cccnc1)[C@@H]1C[C@H](c2ccc(F)cc2)N(Cc2ccccc2Cl)C1.